The Hall–Kier alpha value is -1.11. The third-order valence-corrected chi connectivity index (χ3v) is 5.37. The summed E-state index contributed by atoms with van der Waals surface area (Å²) in [6, 6.07) is 7.32. The van der Waals surface area contributed by atoms with Crippen molar-refractivity contribution in [1.82, 2.24) is 4.31 Å². The second-order valence-electron chi connectivity index (χ2n) is 5.26. The molecule has 1 saturated carbocycles. The number of hydrogen-bond acceptors (Lipinski definition) is 4. The number of anilines is 1. The van der Waals surface area contributed by atoms with E-state index in [-0.39, 0.29) is 0 Å². The maximum Gasteiger partial charge on any atom is 0.244 e. The normalized spacial score (nSPS) is 23.2. The van der Waals surface area contributed by atoms with Gasteiger partial charge in [0.05, 0.1) is 5.69 Å². The lowest BCUT2D eigenvalue weighted by Gasteiger charge is -2.33. The molecule has 106 valence electrons. The molecule has 0 aromatic heterocycles. The van der Waals surface area contributed by atoms with Crippen LogP contribution in [0.25, 0.3) is 0 Å². The molecule has 1 aliphatic carbocycles. The summed E-state index contributed by atoms with van der Waals surface area (Å²) in [4.78, 5) is 0.323. The van der Waals surface area contributed by atoms with Crippen LogP contribution in [0.4, 0.5) is 5.69 Å². The van der Waals surface area contributed by atoms with E-state index < -0.39 is 10.0 Å². The minimum atomic E-state index is -3.41. The van der Waals surface area contributed by atoms with E-state index in [0.717, 1.165) is 19.4 Å². The van der Waals surface area contributed by atoms with Gasteiger partial charge < -0.3 is 11.1 Å². The molecule has 1 fully saturated rings. The van der Waals surface area contributed by atoms with Crippen LogP contribution in [-0.4, -0.2) is 39.4 Å². The monoisotopic (exact) mass is 283 g/mol. The van der Waals surface area contributed by atoms with Crippen molar-refractivity contribution in [3.63, 3.8) is 0 Å². The Kier molecular flexibility index (Phi) is 4.13. The Morgan fingerprint density at radius 1 is 1.32 bits per heavy atom. The molecule has 19 heavy (non-hydrogen) atoms. The molecule has 1 aliphatic rings. The maximum atomic E-state index is 12.2. The van der Waals surface area contributed by atoms with Crippen molar-refractivity contribution in [3.05, 3.63) is 24.3 Å². The molecule has 5 nitrogen and oxygen atoms in total. The van der Waals surface area contributed by atoms with Gasteiger partial charge in [0.1, 0.15) is 4.90 Å². The first-order valence-corrected chi connectivity index (χ1v) is 7.86. The van der Waals surface area contributed by atoms with Crippen LogP contribution in [0.1, 0.15) is 12.8 Å². The Morgan fingerprint density at radius 2 is 1.95 bits per heavy atom. The van der Waals surface area contributed by atoms with Crippen molar-refractivity contribution >= 4 is 15.7 Å². The Balaban J connectivity index is 2.13. The van der Waals surface area contributed by atoms with Gasteiger partial charge in [0.15, 0.2) is 0 Å². The Labute approximate surface area is 114 Å². The molecule has 0 aliphatic heterocycles. The van der Waals surface area contributed by atoms with Crippen molar-refractivity contribution in [2.75, 3.05) is 26.0 Å². The molecule has 2 rings (SSSR count). The molecule has 0 saturated heterocycles. The zero-order valence-corrected chi connectivity index (χ0v) is 12.2. The molecule has 0 amide bonds. The van der Waals surface area contributed by atoms with Crippen molar-refractivity contribution < 1.29 is 8.42 Å². The first kappa shape index (κ1) is 14.3. The number of hydrogen-bond donors (Lipinski definition) is 2. The first-order chi connectivity index (χ1) is 8.91. The van der Waals surface area contributed by atoms with Gasteiger partial charge >= 0.3 is 0 Å². The maximum absolute atomic E-state index is 12.2. The molecule has 1 aromatic rings. The standard InChI is InChI=1S/C13H21N3O2S/c1-16(2)19(17,18)13-6-4-3-5-12(13)15-9-10-7-11(14)8-10/h3-6,10-11,15H,7-9,14H2,1-2H3. The number of sulfonamides is 1. The summed E-state index contributed by atoms with van der Waals surface area (Å²) in [5.41, 5.74) is 6.41. The van der Waals surface area contributed by atoms with Gasteiger partial charge in [-0.2, -0.15) is 0 Å². The van der Waals surface area contributed by atoms with Crippen molar-refractivity contribution in [1.29, 1.82) is 0 Å². The average molecular weight is 283 g/mol. The molecule has 6 heteroatoms. The van der Waals surface area contributed by atoms with E-state index in [4.69, 9.17) is 5.73 Å². The number of benzene rings is 1. The summed E-state index contributed by atoms with van der Waals surface area (Å²) < 4.78 is 25.6. The van der Waals surface area contributed by atoms with Gasteiger partial charge in [-0.3, -0.25) is 0 Å². The van der Waals surface area contributed by atoms with Gasteiger partial charge in [0.25, 0.3) is 0 Å². The molecular weight excluding hydrogens is 262 g/mol. The molecular formula is C13H21N3O2S. The zero-order chi connectivity index (χ0) is 14.0. The third-order valence-electron chi connectivity index (χ3n) is 3.50. The minimum absolute atomic E-state index is 0.313. The summed E-state index contributed by atoms with van der Waals surface area (Å²) in [6.07, 6.45) is 2.02. The summed E-state index contributed by atoms with van der Waals surface area (Å²) in [5, 5.41) is 3.24. The Morgan fingerprint density at radius 3 is 2.53 bits per heavy atom. The zero-order valence-electron chi connectivity index (χ0n) is 11.3. The van der Waals surface area contributed by atoms with Gasteiger partial charge in [-0.05, 0) is 30.9 Å². The first-order valence-electron chi connectivity index (χ1n) is 6.42. The van der Waals surface area contributed by atoms with Crippen LogP contribution in [0.2, 0.25) is 0 Å². The molecule has 0 spiro atoms. The number of nitrogens with one attached hydrogen (secondary N) is 1. The van der Waals surface area contributed by atoms with Crippen LogP contribution in [0.15, 0.2) is 29.2 Å². The van der Waals surface area contributed by atoms with Crippen LogP contribution in [0.3, 0.4) is 0 Å². The lowest BCUT2D eigenvalue weighted by molar-refractivity contribution is 0.280. The summed E-state index contributed by atoms with van der Waals surface area (Å²) in [6.45, 7) is 0.771. The van der Waals surface area contributed by atoms with Crippen LogP contribution in [0, 0.1) is 5.92 Å². The lowest BCUT2D eigenvalue weighted by atomic mass is 9.81. The second kappa shape index (κ2) is 5.48. The van der Waals surface area contributed by atoms with Crippen LogP contribution < -0.4 is 11.1 Å². The van der Waals surface area contributed by atoms with Gasteiger partial charge in [-0.25, -0.2) is 12.7 Å². The average Bonchev–Trinajstić information content (AvgIpc) is 2.33. The molecule has 0 radical (unpaired) electrons. The molecule has 0 unspecified atom stereocenters. The number of nitrogens with two attached hydrogens (primary N) is 1. The van der Waals surface area contributed by atoms with E-state index in [0.29, 0.717) is 22.5 Å². The summed E-state index contributed by atoms with van der Waals surface area (Å²) >= 11 is 0. The van der Waals surface area contributed by atoms with E-state index in [1.807, 2.05) is 6.07 Å². The van der Waals surface area contributed by atoms with E-state index >= 15 is 0 Å². The third kappa shape index (κ3) is 3.08. The molecule has 0 bridgehead atoms. The molecule has 0 atom stereocenters. The fourth-order valence-electron chi connectivity index (χ4n) is 2.24. The second-order valence-corrected chi connectivity index (χ2v) is 7.38. The quantitative estimate of drug-likeness (QED) is 0.848. The van der Waals surface area contributed by atoms with Crippen LogP contribution in [-0.2, 0) is 10.0 Å². The molecule has 0 heterocycles. The molecule has 1 aromatic carbocycles. The SMILES string of the molecule is CN(C)S(=O)(=O)c1ccccc1NCC1CC(N)C1. The number of nitrogens with zero attached hydrogens (tertiary/aromatic N) is 1. The highest BCUT2D eigenvalue weighted by atomic mass is 32.2. The Bertz CT molecular complexity index is 537. The predicted octanol–water partition coefficient (Wildman–Crippen LogP) is 1.09. The van der Waals surface area contributed by atoms with E-state index in [1.165, 1.54) is 18.4 Å². The fraction of sp³-hybridized carbons (Fsp3) is 0.538. The largest absolute Gasteiger partial charge is 0.384 e. The molecule has 3 N–H and O–H groups in total. The lowest BCUT2D eigenvalue weighted by Crippen LogP contribution is -2.39. The van der Waals surface area contributed by atoms with Gasteiger partial charge in [0, 0.05) is 26.7 Å². The minimum Gasteiger partial charge on any atom is -0.384 e. The van der Waals surface area contributed by atoms with Gasteiger partial charge in [-0.15, -0.1) is 0 Å². The van der Waals surface area contributed by atoms with Gasteiger partial charge in [-0.1, -0.05) is 12.1 Å². The number of para-hydroxylation sites is 1. The van der Waals surface area contributed by atoms with Crippen LogP contribution >= 0.6 is 0 Å². The fourth-order valence-corrected chi connectivity index (χ4v) is 3.30. The van der Waals surface area contributed by atoms with Crippen molar-refractivity contribution in [2.24, 2.45) is 11.7 Å². The van der Waals surface area contributed by atoms with E-state index in [2.05, 4.69) is 5.32 Å². The summed E-state index contributed by atoms with van der Waals surface area (Å²) in [5.74, 6) is 0.546. The highest BCUT2D eigenvalue weighted by molar-refractivity contribution is 7.89. The predicted molar refractivity (Wildman–Crippen MR) is 76.5 cm³/mol. The smallest absolute Gasteiger partial charge is 0.244 e. The highest BCUT2D eigenvalue weighted by Gasteiger charge is 2.26. The van der Waals surface area contributed by atoms with E-state index in [9.17, 15) is 8.42 Å². The summed E-state index contributed by atoms with van der Waals surface area (Å²) in [7, 11) is -0.331. The van der Waals surface area contributed by atoms with Gasteiger partial charge in [0.2, 0.25) is 10.0 Å². The van der Waals surface area contributed by atoms with E-state index in [1.54, 1.807) is 18.2 Å². The highest BCUT2D eigenvalue weighted by Crippen LogP contribution is 2.28. The number of rotatable bonds is 5. The topological polar surface area (TPSA) is 75.4 Å². The van der Waals surface area contributed by atoms with Crippen molar-refractivity contribution in [3.8, 4) is 0 Å². The van der Waals surface area contributed by atoms with Crippen molar-refractivity contribution in [2.45, 2.75) is 23.8 Å². The van der Waals surface area contributed by atoms with Crippen LogP contribution in [0.5, 0.6) is 0 Å².